The Morgan fingerprint density at radius 3 is 2.03 bits per heavy atom. The molecule has 0 fully saturated rings. The van der Waals surface area contributed by atoms with Crippen LogP contribution in [0.1, 0.15) is 49.2 Å². The second-order valence-corrected chi connectivity index (χ2v) is 9.33. The summed E-state index contributed by atoms with van der Waals surface area (Å²) >= 11 is 0. The summed E-state index contributed by atoms with van der Waals surface area (Å²) in [7, 11) is 1.41. The molecule has 0 amide bonds. The Kier molecular flexibility index (Phi) is 6.64. The number of ether oxygens (including phenoxy) is 1. The highest BCUT2D eigenvalue weighted by atomic mass is 19.4. The average Bonchev–Trinajstić information content (AvgIpc) is 3.17. The topological polar surface area (TPSA) is 39.9 Å². The molecule has 7 heteroatoms. The lowest BCUT2D eigenvalue weighted by Crippen LogP contribution is -2.20. The SMILES string of the molecule is COc1c(C#Cc2nc(C)n(-c3ccccc3)c2-c2ccccc2)cc(C(F)(F)F)nc1C(C)(C)C. The third-order valence-electron chi connectivity index (χ3n) is 5.60. The molecule has 0 aliphatic rings. The third kappa shape index (κ3) is 4.99. The summed E-state index contributed by atoms with van der Waals surface area (Å²) in [6.07, 6.45) is -4.62. The van der Waals surface area contributed by atoms with Crippen molar-refractivity contribution < 1.29 is 17.9 Å². The van der Waals surface area contributed by atoms with E-state index in [1.165, 1.54) is 7.11 Å². The first-order valence-corrected chi connectivity index (χ1v) is 11.4. The quantitative estimate of drug-likeness (QED) is 0.292. The molecule has 2 heterocycles. The van der Waals surface area contributed by atoms with Gasteiger partial charge in [0.25, 0.3) is 0 Å². The van der Waals surface area contributed by atoms with E-state index in [4.69, 9.17) is 4.74 Å². The van der Waals surface area contributed by atoms with Gasteiger partial charge in [0.05, 0.1) is 24.1 Å². The van der Waals surface area contributed by atoms with Gasteiger partial charge in [-0.1, -0.05) is 75.2 Å². The van der Waals surface area contributed by atoms with Gasteiger partial charge in [-0.2, -0.15) is 13.2 Å². The van der Waals surface area contributed by atoms with Crippen LogP contribution in [-0.2, 0) is 11.6 Å². The molecule has 36 heavy (non-hydrogen) atoms. The van der Waals surface area contributed by atoms with Crippen LogP contribution in [0.3, 0.4) is 0 Å². The number of aryl methyl sites for hydroxylation is 1. The van der Waals surface area contributed by atoms with Gasteiger partial charge in [-0.15, -0.1) is 0 Å². The lowest BCUT2D eigenvalue weighted by Gasteiger charge is -2.23. The molecule has 4 aromatic rings. The smallest absolute Gasteiger partial charge is 0.433 e. The highest BCUT2D eigenvalue weighted by Crippen LogP contribution is 2.37. The summed E-state index contributed by atoms with van der Waals surface area (Å²) in [6.45, 7) is 7.23. The van der Waals surface area contributed by atoms with E-state index < -0.39 is 17.3 Å². The Balaban J connectivity index is 1.97. The molecule has 4 rings (SSSR count). The molecule has 0 aliphatic carbocycles. The predicted molar refractivity (Wildman–Crippen MR) is 134 cm³/mol. The van der Waals surface area contributed by atoms with Gasteiger partial charge in [-0.05, 0) is 31.0 Å². The highest BCUT2D eigenvalue weighted by molar-refractivity contribution is 5.70. The first kappa shape index (κ1) is 25.1. The van der Waals surface area contributed by atoms with E-state index in [2.05, 4.69) is 21.8 Å². The fraction of sp³-hybridized carbons (Fsp3) is 0.241. The molecule has 0 saturated carbocycles. The van der Waals surface area contributed by atoms with Crippen molar-refractivity contribution in [2.45, 2.75) is 39.3 Å². The van der Waals surface area contributed by atoms with Crippen molar-refractivity contribution in [3.63, 3.8) is 0 Å². The molecule has 0 unspecified atom stereocenters. The van der Waals surface area contributed by atoms with Gasteiger partial charge in [-0.3, -0.25) is 4.57 Å². The zero-order valence-corrected chi connectivity index (χ0v) is 20.7. The first-order valence-electron chi connectivity index (χ1n) is 11.4. The van der Waals surface area contributed by atoms with Gasteiger partial charge in [0.1, 0.15) is 17.2 Å². The second kappa shape index (κ2) is 9.54. The summed E-state index contributed by atoms with van der Waals surface area (Å²) in [5.41, 5.74) is 1.61. The molecule has 0 N–H and O–H groups in total. The zero-order valence-electron chi connectivity index (χ0n) is 20.7. The number of pyridine rings is 1. The van der Waals surface area contributed by atoms with Crippen LogP contribution in [-0.4, -0.2) is 21.6 Å². The average molecular weight is 490 g/mol. The molecule has 2 aromatic carbocycles. The van der Waals surface area contributed by atoms with Crippen molar-refractivity contribution >= 4 is 0 Å². The fourth-order valence-corrected chi connectivity index (χ4v) is 3.99. The fourth-order valence-electron chi connectivity index (χ4n) is 3.99. The van der Waals surface area contributed by atoms with Gasteiger partial charge in [0, 0.05) is 16.7 Å². The van der Waals surface area contributed by atoms with Crippen LogP contribution in [0.2, 0.25) is 0 Å². The Bertz CT molecular complexity index is 1440. The van der Waals surface area contributed by atoms with Gasteiger partial charge < -0.3 is 4.74 Å². The van der Waals surface area contributed by atoms with E-state index >= 15 is 0 Å². The molecule has 0 spiro atoms. The molecule has 2 aromatic heterocycles. The maximum absolute atomic E-state index is 13.7. The van der Waals surface area contributed by atoms with Crippen molar-refractivity contribution in [1.82, 2.24) is 14.5 Å². The van der Waals surface area contributed by atoms with E-state index in [-0.39, 0.29) is 17.0 Å². The molecule has 0 saturated heterocycles. The van der Waals surface area contributed by atoms with Gasteiger partial charge in [-0.25, -0.2) is 9.97 Å². The molecule has 4 nitrogen and oxygen atoms in total. The summed E-state index contributed by atoms with van der Waals surface area (Å²) in [5.74, 6) is 6.88. The standard InChI is InChI=1S/C29H26F3N3O/c1-19-33-23(25(20-12-8-6-9-13-20)35(19)22-14-10-7-11-15-22)17-16-21-18-24(29(30,31)32)34-27(26(21)36-5)28(2,3)4/h6-15,18H,1-5H3. The number of rotatable bonds is 3. The summed E-state index contributed by atoms with van der Waals surface area (Å²) in [5, 5.41) is 0. The maximum Gasteiger partial charge on any atom is 0.433 e. The molecule has 0 bridgehead atoms. The largest absolute Gasteiger partial charge is 0.494 e. The molecule has 184 valence electrons. The van der Waals surface area contributed by atoms with Crippen LogP contribution in [0.5, 0.6) is 5.75 Å². The Morgan fingerprint density at radius 2 is 1.47 bits per heavy atom. The van der Waals surface area contributed by atoms with E-state index in [1.54, 1.807) is 20.8 Å². The minimum absolute atomic E-state index is 0.107. The predicted octanol–water partition coefficient (Wildman–Crippen LogP) is 6.97. The normalized spacial score (nSPS) is 11.7. The third-order valence-corrected chi connectivity index (χ3v) is 5.60. The van der Waals surface area contributed by atoms with Crippen molar-refractivity contribution in [2.75, 3.05) is 7.11 Å². The van der Waals surface area contributed by atoms with Crippen molar-refractivity contribution in [3.05, 3.63) is 95.2 Å². The number of alkyl halides is 3. The summed E-state index contributed by atoms with van der Waals surface area (Å²) < 4.78 is 48.6. The van der Waals surface area contributed by atoms with Gasteiger partial charge in [0.15, 0.2) is 5.75 Å². The number of benzene rings is 2. The number of nitrogens with zero attached hydrogens (tertiary/aromatic N) is 3. The number of hydrogen-bond acceptors (Lipinski definition) is 3. The molecular weight excluding hydrogens is 463 g/mol. The van der Waals surface area contributed by atoms with Gasteiger partial charge in [0.2, 0.25) is 0 Å². The number of halogens is 3. The van der Waals surface area contributed by atoms with Crippen molar-refractivity contribution in [1.29, 1.82) is 0 Å². The maximum atomic E-state index is 13.7. The second-order valence-electron chi connectivity index (χ2n) is 9.33. The Morgan fingerprint density at radius 1 is 0.861 bits per heavy atom. The molecular formula is C29H26F3N3O. The minimum Gasteiger partial charge on any atom is -0.494 e. The van der Waals surface area contributed by atoms with E-state index in [1.807, 2.05) is 72.2 Å². The van der Waals surface area contributed by atoms with Crippen LogP contribution < -0.4 is 4.74 Å². The Hall–Kier alpha value is -4.05. The number of imidazole rings is 1. The van der Waals surface area contributed by atoms with Crippen LogP contribution >= 0.6 is 0 Å². The van der Waals surface area contributed by atoms with E-state index in [0.29, 0.717) is 11.5 Å². The first-order chi connectivity index (χ1) is 17.0. The Labute approximate surface area is 208 Å². The molecule has 0 atom stereocenters. The van der Waals surface area contributed by atoms with Crippen LogP contribution in [0.15, 0.2) is 66.7 Å². The van der Waals surface area contributed by atoms with Crippen LogP contribution in [0.4, 0.5) is 13.2 Å². The monoisotopic (exact) mass is 489 g/mol. The molecule has 0 aliphatic heterocycles. The lowest BCUT2D eigenvalue weighted by molar-refractivity contribution is -0.141. The zero-order chi connectivity index (χ0) is 26.1. The summed E-state index contributed by atoms with van der Waals surface area (Å²) in [4.78, 5) is 8.57. The van der Waals surface area contributed by atoms with Crippen LogP contribution in [0.25, 0.3) is 16.9 Å². The number of methoxy groups -OCH3 is 1. The number of aromatic nitrogens is 3. The number of para-hydroxylation sites is 1. The van der Waals surface area contributed by atoms with E-state index in [9.17, 15) is 13.2 Å². The summed E-state index contributed by atoms with van der Waals surface area (Å²) in [6, 6.07) is 20.3. The van der Waals surface area contributed by atoms with Crippen molar-refractivity contribution in [3.8, 4) is 34.5 Å². The minimum atomic E-state index is -4.62. The van der Waals surface area contributed by atoms with Gasteiger partial charge >= 0.3 is 6.18 Å². The lowest BCUT2D eigenvalue weighted by atomic mass is 9.89. The van der Waals surface area contributed by atoms with Crippen molar-refractivity contribution in [2.24, 2.45) is 0 Å². The highest BCUT2D eigenvalue weighted by Gasteiger charge is 2.36. The molecule has 0 radical (unpaired) electrons. The number of hydrogen-bond donors (Lipinski definition) is 0. The van der Waals surface area contributed by atoms with E-state index in [0.717, 1.165) is 23.0 Å². The van der Waals surface area contributed by atoms with Crippen LogP contribution in [0, 0.1) is 18.8 Å².